The Morgan fingerprint density at radius 3 is 2.37 bits per heavy atom. The Bertz CT molecular complexity index is 730. The van der Waals surface area contributed by atoms with Crippen LogP contribution in [-0.4, -0.2) is 24.7 Å². The zero-order chi connectivity index (χ0) is 19.9. The number of aliphatic imine (C=N–C) groups is 1. The number of guanidine groups is 1. The summed E-state index contributed by atoms with van der Waals surface area (Å²) in [7, 11) is 1.67. The number of hydrogen-bond donors (Lipinski definition) is 2. The largest absolute Gasteiger partial charge is 0.416 e. The van der Waals surface area contributed by atoms with E-state index < -0.39 is 11.7 Å². The third kappa shape index (κ3) is 5.74. The summed E-state index contributed by atoms with van der Waals surface area (Å²) in [5.41, 5.74) is 2.17. The van der Waals surface area contributed by atoms with Crippen molar-refractivity contribution in [2.24, 2.45) is 4.99 Å². The summed E-state index contributed by atoms with van der Waals surface area (Å²) in [5.74, 6) is 1.48. The van der Waals surface area contributed by atoms with E-state index >= 15 is 0 Å². The molecule has 1 aromatic heterocycles. The highest BCUT2D eigenvalue weighted by molar-refractivity contribution is 5.79. The third-order valence-electron chi connectivity index (χ3n) is 4.25. The summed E-state index contributed by atoms with van der Waals surface area (Å²) >= 11 is 0. The Kier molecular flexibility index (Phi) is 7.27. The van der Waals surface area contributed by atoms with Gasteiger partial charge in [0.2, 0.25) is 0 Å². The predicted octanol–water partition coefficient (Wildman–Crippen LogP) is 3.73. The standard InChI is InChI=1S/C19H25F3N4O/c1-4-16-15(17(5-2)27-26-16)12-25-18(23-3)24-11-10-13-6-8-14(9-7-13)19(20,21)22/h6-9H,4-5,10-12H2,1-3H3,(H2,23,24,25). The highest BCUT2D eigenvalue weighted by atomic mass is 19.4. The van der Waals surface area contributed by atoms with E-state index in [4.69, 9.17) is 4.52 Å². The van der Waals surface area contributed by atoms with Gasteiger partial charge in [-0.1, -0.05) is 31.1 Å². The molecule has 148 valence electrons. The Morgan fingerprint density at radius 2 is 1.81 bits per heavy atom. The number of benzene rings is 1. The van der Waals surface area contributed by atoms with Crippen LogP contribution < -0.4 is 10.6 Å². The van der Waals surface area contributed by atoms with Crippen LogP contribution in [0.4, 0.5) is 13.2 Å². The Labute approximate surface area is 157 Å². The molecule has 0 aliphatic heterocycles. The van der Waals surface area contributed by atoms with Crippen molar-refractivity contribution < 1.29 is 17.7 Å². The second kappa shape index (κ2) is 9.43. The first-order chi connectivity index (χ1) is 12.9. The lowest BCUT2D eigenvalue weighted by molar-refractivity contribution is -0.137. The molecule has 1 heterocycles. The maximum Gasteiger partial charge on any atom is 0.416 e. The van der Waals surface area contributed by atoms with Gasteiger partial charge in [0.05, 0.1) is 11.3 Å². The average molecular weight is 382 g/mol. The summed E-state index contributed by atoms with van der Waals surface area (Å²) < 4.78 is 43.1. The van der Waals surface area contributed by atoms with E-state index in [-0.39, 0.29) is 0 Å². The molecule has 27 heavy (non-hydrogen) atoms. The van der Waals surface area contributed by atoms with Gasteiger partial charge in [-0.15, -0.1) is 0 Å². The molecule has 2 aromatic rings. The van der Waals surface area contributed by atoms with Crippen LogP contribution in [0.1, 0.15) is 42.0 Å². The third-order valence-corrected chi connectivity index (χ3v) is 4.25. The summed E-state index contributed by atoms with van der Waals surface area (Å²) in [5, 5.41) is 10.5. The number of nitrogens with zero attached hydrogens (tertiary/aromatic N) is 2. The molecule has 0 saturated heterocycles. The number of aryl methyl sites for hydroxylation is 2. The van der Waals surface area contributed by atoms with Gasteiger partial charge in [0.25, 0.3) is 0 Å². The smallest absolute Gasteiger partial charge is 0.361 e. The molecule has 0 spiro atoms. The van der Waals surface area contributed by atoms with Gasteiger partial charge in [0.1, 0.15) is 5.76 Å². The Morgan fingerprint density at radius 1 is 1.11 bits per heavy atom. The number of rotatable bonds is 7. The molecule has 0 radical (unpaired) electrons. The number of nitrogens with one attached hydrogen (secondary N) is 2. The van der Waals surface area contributed by atoms with E-state index in [0.717, 1.165) is 47.6 Å². The van der Waals surface area contributed by atoms with Gasteiger partial charge < -0.3 is 15.2 Å². The van der Waals surface area contributed by atoms with Crippen LogP contribution in [0, 0.1) is 0 Å². The number of alkyl halides is 3. The zero-order valence-electron chi connectivity index (χ0n) is 15.8. The Hall–Kier alpha value is -2.51. The van der Waals surface area contributed by atoms with Crippen molar-refractivity contribution in [1.82, 2.24) is 15.8 Å². The first-order valence-electron chi connectivity index (χ1n) is 8.95. The van der Waals surface area contributed by atoms with Crippen molar-refractivity contribution in [1.29, 1.82) is 0 Å². The molecule has 0 bridgehead atoms. The van der Waals surface area contributed by atoms with Gasteiger partial charge in [-0.2, -0.15) is 13.2 Å². The minimum absolute atomic E-state index is 0.551. The average Bonchev–Trinajstić information content (AvgIpc) is 3.06. The van der Waals surface area contributed by atoms with Crippen molar-refractivity contribution in [3.05, 3.63) is 52.4 Å². The molecule has 2 rings (SSSR count). The highest BCUT2D eigenvalue weighted by Gasteiger charge is 2.29. The van der Waals surface area contributed by atoms with Gasteiger partial charge in [-0.25, -0.2) is 0 Å². The zero-order valence-corrected chi connectivity index (χ0v) is 15.8. The number of aromatic nitrogens is 1. The first-order valence-corrected chi connectivity index (χ1v) is 8.95. The fourth-order valence-electron chi connectivity index (χ4n) is 2.72. The molecule has 0 amide bonds. The normalized spacial score (nSPS) is 12.3. The molecule has 0 aliphatic rings. The maximum atomic E-state index is 12.6. The SMILES string of the molecule is CCc1noc(CC)c1CNC(=NC)NCCc1ccc(C(F)(F)F)cc1. The molecule has 2 N–H and O–H groups in total. The lowest BCUT2D eigenvalue weighted by atomic mass is 10.1. The van der Waals surface area contributed by atoms with Crippen molar-refractivity contribution in [2.45, 2.75) is 45.8 Å². The molecular weight excluding hydrogens is 357 g/mol. The monoisotopic (exact) mass is 382 g/mol. The van der Waals surface area contributed by atoms with E-state index in [1.807, 2.05) is 13.8 Å². The molecule has 5 nitrogen and oxygen atoms in total. The van der Waals surface area contributed by atoms with E-state index in [9.17, 15) is 13.2 Å². The second-order valence-electron chi connectivity index (χ2n) is 6.04. The molecule has 8 heteroatoms. The van der Waals surface area contributed by atoms with Gasteiger partial charge >= 0.3 is 6.18 Å². The van der Waals surface area contributed by atoms with Crippen molar-refractivity contribution in [2.75, 3.05) is 13.6 Å². The highest BCUT2D eigenvalue weighted by Crippen LogP contribution is 2.29. The predicted molar refractivity (Wildman–Crippen MR) is 98.6 cm³/mol. The molecule has 0 atom stereocenters. The summed E-state index contributed by atoms with van der Waals surface area (Å²) in [6, 6.07) is 5.21. The summed E-state index contributed by atoms with van der Waals surface area (Å²) in [4.78, 5) is 4.17. The van der Waals surface area contributed by atoms with Crippen LogP contribution in [0.5, 0.6) is 0 Å². The van der Waals surface area contributed by atoms with Gasteiger partial charge in [0.15, 0.2) is 5.96 Å². The van der Waals surface area contributed by atoms with Crippen LogP contribution >= 0.6 is 0 Å². The lowest BCUT2D eigenvalue weighted by Crippen LogP contribution is -2.38. The molecule has 0 aliphatic carbocycles. The van der Waals surface area contributed by atoms with Crippen molar-refractivity contribution >= 4 is 5.96 Å². The minimum atomic E-state index is -4.31. The second-order valence-corrected chi connectivity index (χ2v) is 6.04. The van der Waals surface area contributed by atoms with E-state index in [1.165, 1.54) is 12.1 Å². The van der Waals surface area contributed by atoms with Crippen molar-refractivity contribution in [3.8, 4) is 0 Å². The quantitative estimate of drug-likeness (QED) is 0.566. The lowest BCUT2D eigenvalue weighted by Gasteiger charge is -2.12. The van der Waals surface area contributed by atoms with Gasteiger partial charge in [-0.05, 0) is 30.5 Å². The molecule has 1 aromatic carbocycles. The molecule has 0 saturated carbocycles. The van der Waals surface area contributed by atoms with E-state index in [2.05, 4.69) is 20.8 Å². The van der Waals surface area contributed by atoms with Crippen LogP contribution in [0.25, 0.3) is 0 Å². The van der Waals surface area contributed by atoms with E-state index in [0.29, 0.717) is 25.5 Å². The van der Waals surface area contributed by atoms with Crippen LogP contribution in [0.2, 0.25) is 0 Å². The Balaban J connectivity index is 1.85. The maximum absolute atomic E-state index is 12.6. The van der Waals surface area contributed by atoms with Crippen LogP contribution in [0.15, 0.2) is 33.8 Å². The molecular formula is C19H25F3N4O. The summed E-state index contributed by atoms with van der Waals surface area (Å²) in [6.07, 6.45) is -2.16. The summed E-state index contributed by atoms with van der Waals surface area (Å²) in [6.45, 7) is 5.14. The molecule has 0 unspecified atom stereocenters. The number of hydrogen-bond acceptors (Lipinski definition) is 3. The minimum Gasteiger partial charge on any atom is -0.361 e. The van der Waals surface area contributed by atoms with Crippen molar-refractivity contribution in [3.63, 3.8) is 0 Å². The molecule has 0 fully saturated rings. The van der Waals surface area contributed by atoms with Gasteiger partial charge in [-0.3, -0.25) is 4.99 Å². The number of halogens is 3. The van der Waals surface area contributed by atoms with E-state index in [1.54, 1.807) is 7.05 Å². The fourth-order valence-corrected chi connectivity index (χ4v) is 2.72. The van der Waals surface area contributed by atoms with Crippen LogP contribution in [-0.2, 0) is 32.0 Å². The topological polar surface area (TPSA) is 62.5 Å². The fraction of sp³-hybridized carbons (Fsp3) is 0.474. The van der Waals surface area contributed by atoms with Gasteiger partial charge in [0, 0.05) is 32.1 Å². The first kappa shape index (κ1) is 20.8. The van der Waals surface area contributed by atoms with Crippen LogP contribution in [0.3, 0.4) is 0 Å².